The number of fused-ring (bicyclic) bond motifs is 1. The highest BCUT2D eigenvalue weighted by Gasteiger charge is 2.12. The summed E-state index contributed by atoms with van der Waals surface area (Å²) < 4.78 is 0. The van der Waals surface area contributed by atoms with Gasteiger partial charge < -0.3 is 5.32 Å². The first-order chi connectivity index (χ1) is 8.93. The minimum atomic E-state index is 0.994. The Hall–Kier alpha value is -1.15. The van der Waals surface area contributed by atoms with Crippen LogP contribution in [0.5, 0.6) is 0 Å². The third-order valence-corrected chi connectivity index (χ3v) is 4.07. The molecule has 96 valence electrons. The van der Waals surface area contributed by atoms with Crippen LogP contribution in [-0.4, -0.2) is 18.1 Å². The minimum absolute atomic E-state index is 0.994. The molecular weight excluding hydrogens is 220 g/mol. The number of nitrogens with zero attached hydrogens (tertiary/aromatic N) is 1. The number of hydrogen-bond acceptors (Lipinski definition) is 2. The lowest BCUT2D eigenvalue weighted by atomic mass is 9.95. The van der Waals surface area contributed by atoms with E-state index in [1.54, 1.807) is 0 Å². The second kappa shape index (κ2) is 5.66. The lowest BCUT2D eigenvalue weighted by molar-refractivity contribution is 0.608. The number of aryl methyl sites for hydroxylation is 2. The number of nitrogens with one attached hydrogen (secondary N) is 1. The van der Waals surface area contributed by atoms with Gasteiger partial charge in [0.2, 0.25) is 0 Å². The standard InChI is InChI=1S/C16H22N2/c1-2-4-6-15-13(5-3-1)7-8-16(18-15)14-9-11-17-12-10-14/h7-9,17H,1-6,10-12H2. The Bertz CT molecular complexity index is 448. The fourth-order valence-corrected chi connectivity index (χ4v) is 2.97. The van der Waals surface area contributed by atoms with E-state index in [9.17, 15) is 0 Å². The monoisotopic (exact) mass is 242 g/mol. The van der Waals surface area contributed by atoms with Crippen LogP contribution in [0.2, 0.25) is 0 Å². The average molecular weight is 242 g/mol. The quantitative estimate of drug-likeness (QED) is 0.818. The highest BCUT2D eigenvalue weighted by atomic mass is 14.9. The Balaban J connectivity index is 1.88. The Morgan fingerprint density at radius 3 is 2.67 bits per heavy atom. The Labute approximate surface area is 110 Å². The van der Waals surface area contributed by atoms with Gasteiger partial charge in [-0.2, -0.15) is 0 Å². The number of pyridine rings is 1. The van der Waals surface area contributed by atoms with Gasteiger partial charge in [0.25, 0.3) is 0 Å². The fraction of sp³-hybridized carbons (Fsp3) is 0.562. The number of rotatable bonds is 1. The van der Waals surface area contributed by atoms with E-state index in [0.717, 1.165) is 19.5 Å². The molecule has 0 amide bonds. The van der Waals surface area contributed by atoms with Crippen LogP contribution in [0.3, 0.4) is 0 Å². The zero-order valence-corrected chi connectivity index (χ0v) is 11.0. The first-order valence-corrected chi connectivity index (χ1v) is 7.32. The molecule has 0 saturated heterocycles. The smallest absolute Gasteiger partial charge is 0.0662 e. The van der Waals surface area contributed by atoms with Gasteiger partial charge in [-0.05, 0) is 55.9 Å². The van der Waals surface area contributed by atoms with Crippen molar-refractivity contribution >= 4 is 5.57 Å². The second-order valence-corrected chi connectivity index (χ2v) is 5.40. The van der Waals surface area contributed by atoms with E-state index in [2.05, 4.69) is 23.5 Å². The summed E-state index contributed by atoms with van der Waals surface area (Å²) in [7, 11) is 0. The van der Waals surface area contributed by atoms with Crippen molar-refractivity contribution in [3.8, 4) is 0 Å². The van der Waals surface area contributed by atoms with Gasteiger partial charge in [-0.1, -0.05) is 25.0 Å². The second-order valence-electron chi connectivity index (χ2n) is 5.40. The average Bonchev–Trinajstić information content (AvgIpc) is 2.40. The maximum Gasteiger partial charge on any atom is 0.0662 e. The summed E-state index contributed by atoms with van der Waals surface area (Å²) in [5, 5.41) is 3.36. The molecule has 3 rings (SSSR count). The summed E-state index contributed by atoms with van der Waals surface area (Å²) in [4.78, 5) is 4.94. The molecular formula is C16H22N2. The summed E-state index contributed by atoms with van der Waals surface area (Å²) in [5.74, 6) is 0. The first-order valence-electron chi connectivity index (χ1n) is 7.32. The molecule has 0 fully saturated rings. The van der Waals surface area contributed by atoms with E-state index >= 15 is 0 Å². The normalized spacial score (nSPS) is 20.6. The maximum absolute atomic E-state index is 4.94. The SMILES string of the molecule is C1=C(c2ccc3c(n2)CCCCCC3)CCNC1. The third kappa shape index (κ3) is 2.64. The number of aromatic nitrogens is 1. The Morgan fingerprint density at radius 2 is 1.83 bits per heavy atom. The van der Waals surface area contributed by atoms with Crippen molar-refractivity contribution in [1.82, 2.24) is 10.3 Å². The largest absolute Gasteiger partial charge is 0.313 e. The van der Waals surface area contributed by atoms with Crippen molar-refractivity contribution in [2.24, 2.45) is 0 Å². The van der Waals surface area contributed by atoms with Crippen molar-refractivity contribution in [1.29, 1.82) is 0 Å². The molecule has 1 aliphatic carbocycles. The lowest BCUT2D eigenvalue weighted by Crippen LogP contribution is -2.20. The zero-order valence-electron chi connectivity index (χ0n) is 11.0. The van der Waals surface area contributed by atoms with E-state index < -0.39 is 0 Å². The molecule has 2 heterocycles. The van der Waals surface area contributed by atoms with Gasteiger partial charge in [0.05, 0.1) is 5.69 Å². The van der Waals surface area contributed by atoms with Crippen LogP contribution in [0.15, 0.2) is 18.2 Å². The minimum Gasteiger partial charge on any atom is -0.313 e. The Kier molecular flexibility index (Phi) is 3.75. The van der Waals surface area contributed by atoms with Crippen LogP contribution in [0.25, 0.3) is 5.57 Å². The van der Waals surface area contributed by atoms with Crippen molar-refractivity contribution in [3.63, 3.8) is 0 Å². The van der Waals surface area contributed by atoms with Crippen LogP contribution in [0, 0.1) is 0 Å². The molecule has 0 radical (unpaired) electrons. The summed E-state index contributed by atoms with van der Waals surface area (Å²) in [5.41, 5.74) is 5.51. The molecule has 0 aromatic carbocycles. The zero-order chi connectivity index (χ0) is 12.2. The van der Waals surface area contributed by atoms with E-state index in [0.29, 0.717) is 0 Å². The molecule has 0 unspecified atom stereocenters. The summed E-state index contributed by atoms with van der Waals surface area (Å²) in [6.45, 7) is 2.08. The summed E-state index contributed by atoms with van der Waals surface area (Å²) in [6, 6.07) is 4.56. The van der Waals surface area contributed by atoms with Gasteiger partial charge in [0.1, 0.15) is 0 Å². The molecule has 0 saturated carbocycles. The lowest BCUT2D eigenvalue weighted by Gasteiger charge is -2.17. The molecule has 0 spiro atoms. The highest BCUT2D eigenvalue weighted by Crippen LogP contribution is 2.23. The summed E-state index contributed by atoms with van der Waals surface area (Å²) in [6.07, 6.45) is 11.2. The van der Waals surface area contributed by atoms with Crippen molar-refractivity contribution in [2.75, 3.05) is 13.1 Å². The van der Waals surface area contributed by atoms with Gasteiger partial charge in [0, 0.05) is 12.2 Å². The van der Waals surface area contributed by atoms with Crippen molar-refractivity contribution in [3.05, 3.63) is 35.2 Å². The molecule has 2 aliphatic rings. The van der Waals surface area contributed by atoms with Gasteiger partial charge >= 0.3 is 0 Å². The van der Waals surface area contributed by atoms with E-state index in [-0.39, 0.29) is 0 Å². The van der Waals surface area contributed by atoms with Crippen LogP contribution in [0.4, 0.5) is 0 Å². The molecule has 1 aromatic heterocycles. The molecule has 0 atom stereocenters. The van der Waals surface area contributed by atoms with Crippen molar-refractivity contribution < 1.29 is 0 Å². The molecule has 2 heteroatoms. The predicted octanol–water partition coefficient (Wildman–Crippen LogP) is 3.12. The molecule has 18 heavy (non-hydrogen) atoms. The van der Waals surface area contributed by atoms with Gasteiger partial charge in [0.15, 0.2) is 0 Å². The Morgan fingerprint density at radius 1 is 0.944 bits per heavy atom. The molecule has 1 aliphatic heterocycles. The predicted molar refractivity (Wildman–Crippen MR) is 75.6 cm³/mol. The maximum atomic E-state index is 4.94. The van der Waals surface area contributed by atoms with E-state index in [1.807, 2.05) is 0 Å². The highest BCUT2D eigenvalue weighted by molar-refractivity contribution is 5.64. The van der Waals surface area contributed by atoms with Gasteiger partial charge in [-0.3, -0.25) is 4.98 Å². The number of hydrogen-bond donors (Lipinski definition) is 1. The van der Waals surface area contributed by atoms with Gasteiger partial charge in [-0.25, -0.2) is 0 Å². The van der Waals surface area contributed by atoms with Crippen LogP contribution in [-0.2, 0) is 12.8 Å². The van der Waals surface area contributed by atoms with E-state index in [4.69, 9.17) is 4.98 Å². The molecule has 0 bridgehead atoms. The first kappa shape index (κ1) is 11.9. The molecule has 1 N–H and O–H groups in total. The third-order valence-electron chi connectivity index (χ3n) is 4.07. The van der Waals surface area contributed by atoms with Crippen LogP contribution >= 0.6 is 0 Å². The van der Waals surface area contributed by atoms with E-state index in [1.165, 1.54) is 61.0 Å². The van der Waals surface area contributed by atoms with Crippen molar-refractivity contribution in [2.45, 2.75) is 44.9 Å². The topological polar surface area (TPSA) is 24.9 Å². The van der Waals surface area contributed by atoms with Crippen LogP contribution in [0.1, 0.15) is 49.1 Å². The molecule has 1 aromatic rings. The van der Waals surface area contributed by atoms with Crippen LogP contribution < -0.4 is 5.32 Å². The fourth-order valence-electron chi connectivity index (χ4n) is 2.97. The summed E-state index contributed by atoms with van der Waals surface area (Å²) >= 11 is 0. The van der Waals surface area contributed by atoms with Gasteiger partial charge in [-0.15, -0.1) is 0 Å². The molecule has 2 nitrogen and oxygen atoms in total.